The Balaban J connectivity index is 1.75. The molecule has 2 fully saturated rings. The van der Waals surface area contributed by atoms with Crippen LogP contribution in [0.2, 0.25) is 0 Å². The highest BCUT2D eigenvalue weighted by Gasteiger charge is 2.36. The molecule has 2 aliphatic carbocycles. The van der Waals surface area contributed by atoms with Crippen molar-refractivity contribution in [3.63, 3.8) is 0 Å². The minimum Gasteiger partial charge on any atom is -0.294 e. The van der Waals surface area contributed by atoms with E-state index in [1.807, 2.05) is 6.07 Å². The Morgan fingerprint density at radius 2 is 2.06 bits per heavy atom. The number of thiophene rings is 1. The fourth-order valence-corrected chi connectivity index (χ4v) is 3.98. The van der Waals surface area contributed by atoms with Gasteiger partial charge in [0.1, 0.15) is 0 Å². The average Bonchev–Trinajstić information content (AvgIpc) is 3.03. The van der Waals surface area contributed by atoms with Gasteiger partial charge in [-0.15, -0.1) is 11.3 Å². The van der Waals surface area contributed by atoms with Gasteiger partial charge >= 0.3 is 0 Å². The molecule has 0 spiro atoms. The third-order valence-electron chi connectivity index (χ3n) is 4.21. The highest BCUT2D eigenvalue weighted by Crippen LogP contribution is 2.40. The lowest BCUT2D eigenvalue weighted by atomic mass is 9.88. The zero-order valence-corrected chi connectivity index (χ0v) is 10.8. The van der Waals surface area contributed by atoms with E-state index >= 15 is 0 Å². The highest BCUT2D eigenvalue weighted by atomic mass is 32.1. The maximum Gasteiger partial charge on any atom is 0.162 e. The summed E-state index contributed by atoms with van der Waals surface area (Å²) in [4.78, 5) is 13.6. The molecule has 0 aromatic carbocycles. The minimum atomic E-state index is 0.351. The van der Waals surface area contributed by atoms with Gasteiger partial charge in [-0.25, -0.2) is 0 Å². The molecule has 1 aromatic heterocycles. The Kier molecular flexibility index (Phi) is 3.15. The van der Waals surface area contributed by atoms with Gasteiger partial charge in [0, 0.05) is 10.8 Å². The first-order chi connectivity index (χ1) is 8.34. The summed E-state index contributed by atoms with van der Waals surface area (Å²) in [5.41, 5.74) is 1.07. The molecule has 0 unspecified atom stereocenters. The van der Waals surface area contributed by atoms with Crippen molar-refractivity contribution in [3.8, 4) is 0 Å². The van der Waals surface area contributed by atoms with E-state index in [0.717, 1.165) is 18.4 Å². The first kappa shape index (κ1) is 11.2. The van der Waals surface area contributed by atoms with Crippen molar-refractivity contribution in [2.75, 3.05) is 0 Å². The fraction of sp³-hybridized carbons (Fsp3) is 0.533. The normalized spacial score (nSPS) is 28.4. The van der Waals surface area contributed by atoms with E-state index in [0.29, 0.717) is 17.6 Å². The lowest BCUT2D eigenvalue weighted by molar-refractivity contribution is -0.119. The Morgan fingerprint density at radius 1 is 1.24 bits per heavy atom. The zero-order valence-electron chi connectivity index (χ0n) is 10.0. The smallest absolute Gasteiger partial charge is 0.162 e. The first-order valence-electron chi connectivity index (χ1n) is 6.63. The zero-order chi connectivity index (χ0) is 11.7. The van der Waals surface area contributed by atoms with Crippen LogP contribution in [0.25, 0.3) is 6.08 Å². The van der Waals surface area contributed by atoms with Gasteiger partial charge in [0.05, 0.1) is 0 Å². The van der Waals surface area contributed by atoms with Crippen molar-refractivity contribution in [1.29, 1.82) is 0 Å². The standard InChI is InChI=1S/C15H18OS/c16-15-12(10-13-6-3-9-17-13)7-8-14(15)11-4-1-2-5-11/h3,6,9-11,14H,1-2,4-5,7-8H2/b12-10+/t14-/m1/s1. The quantitative estimate of drug-likeness (QED) is 0.711. The van der Waals surface area contributed by atoms with Gasteiger partial charge < -0.3 is 0 Å². The van der Waals surface area contributed by atoms with Crippen LogP contribution in [0.4, 0.5) is 0 Å². The number of hydrogen-bond donors (Lipinski definition) is 0. The Morgan fingerprint density at radius 3 is 2.76 bits per heavy atom. The van der Waals surface area contributed by atoms with E-state index < -0.39 is 0 Å². The van der Waals surface area contributed by atoms with Gasteiger partial charge in [-0.05, 0) is 54.7 Å². The molecule has 1 aromatic rings. The van der Waals surface area contributed by atoms with Crippen molar-refractivity contribution in [2.24, 2.45) is 11.8 Å². The summed E-state index contributed by atoms with van der Waals surface area (Å²) in [5.74, 6) is 1.49. The van der Waals surface area contributed by atoms with Crippen LogP contribution >= 0.6 is 11.3 Å². The molecule has 0 N–H and O–H groups in total. The molecule has 1 nitrogen and oxygen atoms in total. The number of rotatable bonds is 2. The van der Waals surface area contributed by atoms with E-state index in [-0.39, 0.29) is 0 Å². The van der Waals surface area contributed by atoms with E-state index in [4.69, 9.17) is 0 Å². The molecular formula is C15H18OS. The van der Waals surface area contributed by atoms with E-state index in [1.54, 1.807) is 11.3 Å². The van der Waals surface area contributed by atoms with Crippen molar-refractivity contribution < 1.29 is 4.79 Å². The summed E-state index contributed by atoms with van der Waals surface area (Å²) in [6, 6.07) is 4.14. The average molecular weight is 246 g/mol. The molecule has 17 heavy (non-hydrogen) atoms. The predicted octanol–water partition coefficient (Wildman–Crippen LogP) is 4.30. The molecule has 2 saturated carbocycles. The highest BCUT2D eigenvalue weighted by molar-refractivity contribution is 7.10. The minimum absolute atomic E-state index is 0.351. The summed E-state index contributed by atoms with van der Waals surface area (Å²) in [6.45, 7) is 0. The Labute approximate surface area is 107 Å². The fourth-order valence-electron chi connectivity index (χ4n) is 3.30. The van der Waals surface area contributed by atoms with E-state index in [9.17, 15) is 4.79 Å². The molecule has 0 bridgehead atoms. The number of hydrogen-bond acceptors (Lipinski definition) is 2. The lowest BCUT2D eigenvalue weighted by Gasteiger charge is -2.15. The van der Waals surface area contributed by atoms with Crippen molar-refractivity contribution >= 4 is 23.2 Å². The maximum atomic E-state index is 12.4. The van der Waals surface area contributed by atoms with Crippen LogP contribution < -0.4 is 0 Å². The lowest BCUT2D eigenvalue weighted by Crippen LogP contribution is -2.16. The van der Waals surface area contributed by atoms with Crippen LogP contribution in [0.5, 0.6) is 0 Å². The van der Waals surface area contributed by atoms with Crippen LogP contribution in [0.15, 0.2) is 23.1 Å². The number of allylic oxidation sites excluding steroid dienone is 1. The molecule has 0 radical (unpaired) electrons. The van der Waals surface area contributed by atoms with Crippen LogP contribution in [-0.4, -0.2) is 5.78 Å². The second-order valence-electron chi connectivity index (χ2n) is 5.24. The maximum absolute atomic E-state index is 12.4. The molecule has 0 saturated heterocycles. The third-order valence-corrected chi connectivity index (χ3v) is 5.03. The molecule has 90 valence electrons. The summed E-state index contributed by atoms with van der Waals surface area (Å²) in [5, 5.41) is 2.07. The molecule has 1 atom stereocenters. The third kappa shape index (κ3) is 2.23. The molecule has 2 heteroatoms. The summed E-state index contributed by atoms with van der Waals surface area (Å²) >= 11 is 1.72. The van der Waals surface area contributed by atoms with Gasteiger partial charge in [-0.3, -0.25) is 4.79 Å². The summed E-state index contributed by atoms with van der Waals surface area (Å²) < 4.78 is 0. The summed E-state index contributed by atoms with van der Waals surface area (Å²) in [7, 11) is 0. The number of carbonyl (C=O) groups is 1. The van der Waals surface area contributed by atoms with Crippen LogP contribution in [0.3, 0.4) is 0 Å². The van der Waals surface area contributed by atoms with Crippen LogP contribution in [-0.2, 0) is 4.79 Å². The largest absolute Gasteiger partial charge is 0.294 e. The van der Waals surface area contributed by atoms with Crippen LogP contribution in [0, 0.1) is 11.8 Å². The Bertz CT molecular complexity index is 424. The van der Waals surface area contributed by atoms with Gasteiger partial charge in [0.15, 0.2) is 5.78 Å². The Hall–Kier alpha value is -0.890. The van der Waals surface area contributed by atoms with Gasteiger partial charge in [-0.1, -0.05) is 18.9 Å². The molecule has 0 amide bonds. The summed E-state index contributed by atoms with van der Waals surface area (Å²) in [6.07, 6.45) is 9.43. The molecule has 1 heterocycles. The molecule has 2 aliphatic rings. The molecule has 0 aliphatic heterocycles. The van der Waals surface area contributed by atoms with Crippen molar-refractivity contribution in [3.05, 3.63) is 28.0 Å². The molecular weight excluding hydrogens is 228 g/mol. The SMILES string of the molecule is O=C1/C(=C/c2cccs2)CC[C@@H]1C1CCCC1. The van der Waals surface area contributed by atoms with Crippen LogP contribution in [0.1, 0.15) is 43.4 Å². The second kappa shape index (κ2) is 4.77. The van der Waals surface area contributed by atoms with Crippen molar-refractivity contribution in [2.45, 2.75) is 38.5 Å². The van der Waals surface area contributed by atoms with E-state index in [2.05, 4.69) is 17.5 Å². The van der Waals surface area contributed by atoms with Gasteiger partial charge in [0.2, 0.25) is 0 Å². The predicted molar refractivity (Wildman–Crippen MR) is 72.0 cm³/mol. The topological polar surface area (TPSA) is 17.1 Å². The van der Waals surface area contributed by atoms with Crippen molar-refractivity contribution in [1.82, 2.24) is 0 Å². The monoisotopic (exact) mass is 246 g/mol. The number of Topliss-reactive ketones (excluding diaryl/α,β-unsaturated/α-hetero) is 1. The van der Waals surface area contributed by atoms with E-state index in [1.165, 1.54) is 30.6 Å². The van der Waals surface area contributed by atoms with Gasteiger partial charge in [-0.2, -0.15) is 0 Å². The number of ketones is 1. The second-order valence-corrected chi connectivity index (χ2v) is 6.22. The molecule has 3 rings (SSSR count). The first-order valence-corrected chi connectivity index (χ1v) is 7.51. The van der Waals surface area contributed by atoms with Gasteiger partial charge in [0.25, 0.3) is 0 Å². The number of carbonyl (C=O) groups excluding carboxylic acids is 1.